The van der Waals surface area contributed by atoms with Crippen LogP contribution in [0, 0.1) is 0 Å². The van der Waals surface area contributed by atoms with Gasteiger partial charge >= 0.3 is 0 Å². The molecule has 2 heterocycles. The molecule has 0 spiro atoms. The van der Waals surface area contributed by atoms with Crippen molar-refractivity contribution in [2.45, 2.75) is 60.5 Å². The van der Waals surface area contributed by atoms with Gasteiger partial charge in [0, 0.05) is 36.1 Å². The molecule has 1 saturated heterocycles. The molecule has 148 valence electrons. The molecular formula is C19H26N2O4S2. The van der Waals surface area contributed by atoms with Crippen molar-refractivity contribution in [3.8, 4) is 0 Å². The Hall–Kier alpha value is -1.54. The van der Waals surface area contributed by atoms with E-state index < -0.39 is 9.84 Å². The second-order valence-electron chi connectivity index (χ2n) is 7.20. The van der Waals surface area contributed by atoms with Crippen LogP contribution >= 0.6 is 11.8 Å². The number of hydrogen-bond donors (Lipinski definition) is 1. The third-order valence-corrected chi connectivity index (χ3v) is 7.82. The first-order chi connectivity index (χ1) is 12.8. The van der Waals surface area contributed by atoms with Crippen LogP contribution in [0.3, 0.4) is 0 Å². The first-order valence-electron chi connectivity index (χ1n) is 9.46. The lowest BCUT2D eigenvalue weighted by Gasteiger charge is -2.20. The van der Waals surface area contributed by atoms with E-state index >= 15 is 0 Å². The van der Waals surface area contributed by atoms with Crippen LogP contribution in [-0.4, -0.2) is 49.2 Å². The van der Waals surface area contributed by atoms with Crippen LogP contribution in [0.25, 0.3) is 0 Å². The highest BCUT2D eigenvalue weighted by Gasteiger charge is 2.24. The Labute approximate surface area is 165 Å². The second-order valence-corrected chi connectivity index (χ2v) is 10.8. The lowest BCUT2D eigenvalue weighted by atomic mass is 10.2. The molecule has 2 aliphatic rings. The molecule has 1 aromatic carbocycles. The zero-order chi connectivity index (χ0) is 19.4. The SMILES string of the molecule is C[C@@H]1CC(=O)Nc2cc(S(=O)(=O)CCC(=O)N3CCCCCC3)ccc2S1. The highest BCUT2D eigenvalue weighted by molar-refractivity contribution is 8.00. The number of amides is 2. The number of benzene rings is 1. The average molecular weight is 411 g/mol. The molecule has 2 aliphatic heterocycles. The summed E-state index contributed by atoms with van der Waals surface area (Å²) in [5.74, 6) is -0.411. The molecular weight excluding hydrogens is 384 g/mol. The number of anilines is 1. The number of thioether (sulfide) groups is 1. The van der Waals surface area contributed by atoms with Crippen molar-refractivity contribution in [1.29, 1.82) is 0 Å². The Bertz CT molecular complexity index is 815. The molecule has 2 amide bonds. The Morgan fingerprint density at radius 1 is 1.22 bits per heavy atom. The van der Waals surface area contributed by atoms with Gasteiger partial charge in [0.1, 0.15) is 0 Å². The van der Waals surface area contributed by atoms with E-state index in [2.05, 4.69) is 5.32 Å². The lowest BCUT2D eigenvalue weighted by molar-refractivity contribution is -0.130. The fraction of sp³-hybridized carbons (Fsp3) is 0.579. The zero-order valence-corrected chi connectivity index (χ0v) is 17.2. The van der Waals surface area contributed by atoms with E-state index in [1.165, 1.54) is 6.07 Å². The van der Waals surface area contributed by atoms with Crippen molar-refractivity contribution in [1.82, 2.24) is 4.90 Å². The quantitative estimate of drug-likeness (QED) is 0.825. The minimum Gasteiger partial charge on any atom is -0.343 e. The fourth-order valence-corrected chi connectivity index (χ4v) is 5.75. The second kappa shape index (κ2) is 8.65. The van der Waals surface area contributed by atoms with Crippen LogP contribution in [0.5, 0.6) is 0 Å². The maximum atomic E-state index is 12.7. The van der Waals surface area contributed by atoms with Crippen molar-refractivity contribution in [3.63, 3.8) is 0 Å². The van der Waals surface area contributed by atoms with E-state index in [0.29, 0.717) is 12.1 Å². The molecule has 27 heavy (non-hydrogen) atoms. The van der Waals surface area contributed by atoms with Crippen LogP contribution in [0.1, 0.15) is 45.4 Å². The molecule has 1 fully saturated rings. The Kier molecular flexibility index (Phi) is 6.47. The maximum Gasteiger partial charge on any atom is 0.225 e. The number of nitrogens with one attached hydrogen (secondary N) is 1. The molecule has 1 N–H and O–H groups in total. The molecule has 0 aromatic heterocycles. The van der Waals surface area contributed by atoms with Gasteiger partial charge in [0.2, 0.25) is 11.8 Å². The molecule has 6 nitrogen and oxygen atoms in total. The van der Waals surface area contributed by atoms with E-state index in [-0.39, 0.29) is 34.1 Å². The summed E-state index contributed by atoms with van der Waals surface area (Å²) < 4.78 is 25.4. The summed E-state index contributed by atoms with van der Waals surface area (Å²) in [5, 5.41) is 2.93. The van der Waals surface area contributed by atoms with Gasteiger partial charge in [-0.05, 0) is 31.0 Å². The number of hydrogen-bond acceptors (Lipinski definition) is 5. The highest BCUT2D eigenvalue weighted by atomic mass is 32.2. The van der Waals surface area contributed by atoms with E-state index in [9.17, 15) is 18.0 Å². The van der Waals surface area contributed by atoms with Crippen molar-refractivity contribution < 1.29 is 18.0 Å². The van der Waals surface area contributed by atoms with E-state index in [4.69, 9.17) is 0 Å². The van der Waals surface area contributed by atoms with Crippen molar-refractivity contribution in [3.05, 3.63) is 18.2 Å². The molecule has 0 unspecified atom stereocenters. The zero-order valence-electron chi connectivity index (χ0n) is 15.6. The van der Waals surface area contributed by atoms with Gasteiger partial charge < -0.3 is 10.2 Å². The third kappa shape index (κ3) is 5.25. The standard InChI is InChI=1S/C19H26N2O4S2/c1-14-12-18(22)20-16-13-15(6-7-17(16)26-14)27(24,25)11-8-19(23)21-9-4-2-3-5-10-21/h6-7,13-14H,2-5,8-12H2,1H3,(H,20,22)/t14-/m1/s1. The number of carbonyl (C=O) groups excluding carboxylic acids is 2. The summed E-state index contributed by atoms with van der Waals surface area (Å²) in [6.07, 6.45) is 4.61. The van der Waals surface area contributed by atoms with Crippen LogP contribution < -0.4 is 5.32 Å². The lowest BCUT2D eigenvalue weighted by Crippen LogP contribution is -2.33. The number of carbonyl (C=O) groups is 2. The monoisotopic (exact) mass is 410 g/mol. The van der Waals surface area contributed by atoms with Crippen LogP contribution in [0.15, 0.2) is 28.0 Å². The summed E-state index contributed by atoms with van der Waals surface area (Å²) in [6.45, 7) is 3.41. The fourth-order valence-electron chi connectivity index (χ4n) is 3.44. The topological polar surface area (TPSA) is 83.5 Å². The van der Waals surface area contributed by atoms with Gasteiger partial charge in [0.25, 0.3) is 0 Å². The van der Waals surface area contributed by atoms with Crippen LogP contribution in [0.2, 0.25) is 0 Å². The largest absolute Gasteiger partial charge is 0.343 e. The van der Waals surface area contributed by atoms with Gasteiger partial charge in [-0.25, -0.2) is 8.42 Å². The van der Waals surface area contributed by atoms with E-state index in [0.717, 1.165) is 43.7 Å². The average Bonchev–Trinajstić information content (AvgIpc) is 2.96. The number of nitrogens with zero attached hydrogens (tertiary/aromatic N) is 1. The minimum atomic E-state index is -3.59. The molecule has 0 bridgehead atoms. The number of likely N-dealkylation sites (tertiary alicyclic amines) is 1. The minimum absolute atomic E-state index is 0.00242. The maximum absolute atomic E-state index is 12.7. The first-order valence-corrected chi connectivity index (χ1v) is 12.0. The predicted molar refractivity (Wildman–Crippen MR) is 107 cm³/mol. The normalized spacial score (nSPS) is 21.0. The Morgan fingerprint density at radius 2 is 1.93 bits per heavy atom. The van der Waals surface area contributed by atoms with E-state index in [1.54, 1.807) is 28.8 Å². The van der Waals surface area contributed by atoms with Gasteiger partial charge in [0.15, 0.2) is 9.84 Å². The summed E-state index contributed by atoms with van der Waals surface area (Å²) in [6, 6.07) is 4.83. The van der Waals surface area contributed by atoms with Gasteiger partial charge in [-0.15, -0.1) is 11.8 Å². The van der Waals surface area contributed by atoms with Crippen LogP contribution in [0.4, 0.5) is 5.69 Å². The smallest absolute Gasteiger partial charge is 0.225 e. The van der Waals surface area contributed by atoms with Crippen molar-refractivity contribution in [2.24, 2.45) is 0 Å². The van der Waals surface area contributed by atoms with Gasteiger partial charge in [-0.3, -0.25) is 9.59 Å². The predicted octanol–water partition coefficient (Wildman–Crippen LogP) is 3.08. The van der Waals surface area contributed by atoms with Crippen molar-refractivity contribution in [2.75, 3.05) is 24.2 Å². The van der Waals surface area contributed by atoms with E-state index in [1.807, 2.05) is 6.92 Å². The highest BCUT2D eigenvalue weighted by Crippen LogP contribution is 2.36. The Morgan fingerprint density at radius 3 is 2.63 bits per heavy atom. The molecule has 1 atom stereocenters. The number of sulfone groups is 1. The van der Waals surface area contributed by atoms with Gasteiger partial charge in [-0.1, -0.05) is 19.8 Å². The van der Waals surface area contributed by atoms with Crippen molar-refractivity contribution >= 4 is 39.1 Å². The Balaban J connectivity index is 1.69. The molecule has 8 heteroatoms. The summed E-state index contributed by atoms with van der Waals surface area (Å²) in [4.78, 5) is 27.1. The van der Waals surface area contributed by atoms with Gasteiger partial charge in [0.05, 0.1) is 16.3 Å². The number of rotatable bonds is 4. The molecule has 3 rings (SSSR count). The summed E-state index contributed by atoms with van der Waals surface area (Å²) >= 11 is 1.56. The van der Waals surface area contributed by atoms with Crippen LogP contribution in [-0.2, 0) is 19.4 Å². The summed E-state index contributed by atoms with van der Waals surface area (Å²) in [7, 11) is -3.59. The first kappa shape index (κ1) is 20.2. The molecule has 0 saturated carbocycles. The molecule has 0 radical (unpaired) electrons. The molecule has 1 aromatic rings. The van der Waals surface area contributed by atoms with Gasteiger partial charge in [-0.2, -0.15) is 0 Å². The third-order valence-electron chi connectivity index (χ3n) is 4.93. The number of fused-ring (bicyclic) bond motifs is 1. The molecule has 0 aliphatic carbocycles. The summed E-state index contributed by atoms with van der Waals surface area (Å²) in [5.41, 5.74) is 0.536.